The van der Waals surface area contributed by atoms with E-state index in [0.717, 1.165) is 0 Å². The normalized spacial score (nSPS) is 17.1. The third-order valence-electron chi connectivity index (χ3n) is 2.49. The molecule has 0 N–H and O–H groups in total. The van der Waals surface area contributed by atoms with Gasteiger partial charge in [-0.15, -0.1) is 0 Å². The molecule has 1 heterocycles. The fourth-order valence-corrected chi connectivity index (χ4v) is 1.57. The van der Waals surface area contributed by atoms with Crippen LogP contribution in [0, 0.1) is 17.2 Å². The monoisotopic (exact) mass is 240 g/mol. The van der Waals surface area contributed by atoms with Gasteiger partial charge in [-0.05, 0) is 0 Å². The molecule has 0 aromatic rings. The second kappa shape index (κ2) is 6.86. The maximum Gasteiger partial charge on any atom is 0.302 e. The number of hydrogen-bond acceptors (Lipinski definition) is 5. The van der Waals surface area contributed by atoms with Crippen molar-refractivity contribution >= 4 is 11.9 Å². The summed E-state index contributed by atoms with van der Waals surface area (Å²) < 4.78 is 9.86. The molecule has 0 aromatic heterocycles. The Morgan fingerprint density at radius 3 is 2.65 bits per heavy atom. The Kier molecular flexibility index (Phi) is 5.43. The fourth-order valence-electron chi connectivity index (χ4n) is 1.57. The highest BCUT2D eigenvalue weighted by Gasteiger charge is 2.25. The minimum Gasteiger partial charge on any atom is -0.466 e. The van der Waals surface area contributed by atoms with Crippen LogP contribution in [0.3, 0.4) is 0 Å². The molecule has 0 aliphatic carbocycles. The molecule has 1 aliphatic rings. The van der Waals surface area contributed by atoms with Gasteiger partial charge in [0.1, 0.15) is 5.92 Å². The van der Waals surface area contributed by atoms with Gasteiger partial charge in [0, 0.05) is 26.4 Å². The second-order valence-electron chi connectivity index (χ2n) is 3.75. The molecule has 17 heavy (non-hydrogen) atoms. The number of rotatable bonds is 4. The molecule has 0 spiro atoms. The molecule has 0 aromatic carbocycles. The molecule has 6 nitrogen and oxygen atoms in total. The number of ether oxygens (including phenoxy) is 2. The van der Waals surface area contributed by atoms with Crippen LogP contribution in [0.1, 0.15) is 13.3 Å². The molecular weight excluding hydrogens is 224 g/mol. The van der Waals surface area contributed by atoms with Crippen molar-refractivity contribution in [1.82, 2.24) is 4.90 Å². The molecule has 6 heteroatoms. The van der Waals surface area contributed by atoms with E-state index in [-0.39, 0.29) is 18.9 Å². The summed E-state index contributed by atoms with van der Waals surface area (Å²) in [6, 6.07) is 1.95. The standard InChI is InChI=1S/C11H16N2O4/c1-9(14)17-5-2-10(8-12)11(15)13-3-6-16-7-4-13/h10H,2-7H2,1H3. The van der Waals surface area contributed by atoms with E-state index in [0.29, 0.717) is 26.3 Å². The third-order valence-corrected chi connectivity index (χ3v) is 2.49. The van der Waals surface area contributed by atoms with E-state index in [1.807, 2.05) is 6.07 Å². The highest BCUT2D eigenvalue weighted by atomic mass is 16.5. The van der Waals surface area contributed by atoms with Crippen LogP contribution in [0.5, 0.6) is 0 Å². The Balaban J connectivity index is 2.40. The predicted octanol–water partition coefficient (Wildman–Crippen LogP) is -0.0618. The molecular formula is C11H16N2O4. The Labute approximate surface area is 100 Å². The van der Waals surface area contributed by atoms with Crippen molar-refractivity contribution in [3.8, 4) is 6.07 Å². The lowest BCUT2D eigenvalue weighted by atomic mass is 10.1. The molecule has 1 rings (SSSR count). The molecule has 0 saturated carbocycles. The topological polar surface area (TPSA) is 79.6 Å². The van der Waals surface area contributed by atoms with Gasteiger partial charge in [0.2, 0.25) is 5.91 Å². The smallest absolute Gasteiger partial charge is 0.302 e. The number of carbonyl (C=O) groups is 2. The average molecular weight is 240 g/mol. The second-order valence-corrected chi connectivity index (χ2v) is 3.75. The van der Waals surface area contributed by atoms with Crippen LogP contribution < -0.4 is 0 Å². The van der Waals surface area contributed by atoms with Crippen LogP contribution in [-0.4, -0.2) is 49.7 Å². The summed E-state index contributed by atoms with van der Waals surface area (Å²) in [4.78, 5) is 24.1. The Hall–Kier alpha value is -1.61. The maximum absolute atomic E-state index is 11.9. The zero-order chi connectivity index (χ0) is 12.7. The first-order chi connectivity index (χ1) is 8.15. The van der Waals surface area contributed by atoms with E-state index in [1.165, 1.54) is 6.92 Å². The lowest BCUT2D eigenvalue weighted by Gasteiger charge is -2.28. The van der Waals surface area contributed by atoms with Crippen LogP contribution in [0.25, 0.3) is 0 Å². The van der Waals surface area contributed by atoms with Crippen LogP contribution in [0.4, 0.5) is 0 Å². The summed E-state index contributed by atoms with van der Waals surface area (Å²) in [5.41, 5.74) is 0. The van der Waals surface area contributed by atoms with Crippen molar-refractivity contribution in [2.75, 3.05) is 32.9 Å². The molecule has 1 amide bonds. The summed E-state index contributed by atoms with van der Waals surface area (Å²) >= 11 is 0. The first-order valence-corrected chi connectivity index (χ1v) is 5.54. The molecule has 1 aliphatic heterocycles. The summed E-state index contributed by atoms with van der Waals surface area (Å²) in [6.45, 7) is 3.45. The Bertz CT molecular complexity index is 318. The van der Waals surface area contributed by atoms with E-state index < -0.39 is 11.9 Å². The summed E-state index contributed by atoms with van der Waals surface area (Å²) in [7, 11) is 0. The van der Waals surface area contributed by atoms with Crippen molar-refractivity contribution in [2.45, 2.75) is 13.3 Å². The molecule has 0 bridgehead atoms. The third kappa shape index (κ3) is 4.41. The first-order valence-electron chi connectivity index (χ1n) is 5.54. The predicted molar refractivity (Wildman–Crippen MR) is 57.8 cm³/mol. The molecule has 0 radical (unpaired) electrons. The van der Waals surface area contributed by atoms with Gasteiger partial charge in [0.25, 0.3) is 0 Å². The number of carbonyl (C=O) groups excluding carboxylic acids is 2. The molecule has 1 saturated heterocycles. The van der Waals surface area contributed by atoms with E-state index in [1.54, 1.807) is 4.90 Å². The van der Waals surface area contributed by atoms with Crippen LogP contribution >= 0.6 is 0 Å². The number of nitriles is 1. The quantitative estimate of drug-likeness (QED) is 0.643. The van der Waals surface area contributed by atoms with E-state index in [2.05, 4.69) is 0 Å². The lowest BCUT2D eigenvalue weighted by Crippen LogP contribution is -2.43. The van der Waals surface area contributed by atoms with Crippen molar-refractivity contribution in [3.05, 3.63) is 0 Å². The zero-order valence-electron chi connectivity index (χ0n) is 9.85. The number of hydrogen-bond donors (Lipinski definition) is 0. The summed E-state index contributed by atoms with van der Waals surface area (Å²) in [5.74, 6) is -1.35. The lowest BCUT2D eigenvalue weighted by molar-refractivity contribution is -0.144. The van der Waals surface area contributed by atoms with Gasteiger partial charge in [-0.1, -0.05) is 0 Å². The minimum absolute atomic E-state index is 0.101. The van der Waals surface area contributed by atoms with Crippen LogP contribution in [-0.2, 0) is 19.1 Å². The van der Waals surface area contributed by atoms with Crippen molar-refractivity contribution < 1.29 is 19.1 Å². The molecule has 1 fully saturated rings. The minimum atomic E-state index is -0.743. The van der Waals surface area contributed by atoms with Crippen molar-refractivity contribution in [1.29, 1.82) is 5.26 Å². The number of morpholine rings is 1. The number of nitrogens with zero attached hydrogens (tertiary/aromatic N) is 2. The highest BCUT2D eigenvalue weighted by molar-refractivity contribution is 5.81. The zero-order valence-corrected chi connectivity index (χ0v) is 9.85. The highest BCUT2D eigenvalue weighted by Crippen LogP contribution is 2.09. The Morgan fingerprint density at radius 1 is 1.47 bits per heavy atom. The average Bonchev–Trinajstić information content (AvgIpc) is 2.34. The Morgan fingerprint density at radius 2 is 2.12 bits per heavy atom. The van der Waals surface area contributed by atoms with Gasteiger partial charge in [-0.2, -0.15) is 5.26 Å². The summed E-state index contributed by atoms with van der Waals surface area (Å²) in [5, 5.41) is 8.92. The van der Waals surface area contributed by atoms with Gasteiger partial charge in [0.15, 0.2) is 0 Å². The van der Waals surface area contributed by atoms with Gasteiger partial charge < -0.3 is 14.4 Å². The van der Waals surface area contributed by atoms with Gasteiger partial charge in [-0.3, -0.25) is 9.59 Å². The van der Waals surface area contributed by atoms with Gasteiger partial charge in [0.05, 0.1) is 25.9 Å². The summed E-state index contributed by atoms with van der Waals surface area (Å²) in [6.07, 6.45) is 0.242. The van der Waals surface area contributed by atoms with E-state index >= 15 is 0 Å². The molecule has 1 unspecified atom stereocenters. The largest absolute Gasteiger partial charge is 0.466 e. The number of amides is 1. The van der Waals surface area contributed by atoms with Crippen molar-refractivity contribution in [3.63, 3.8) is 0 Å². The number of esters is 1. The van der Waals surface area contributed by atoms with E-state index in [9.17, 15) is 9.59 Å². The van der Waals surface area contributed by atoms with E-state index in [4.69, 9.17) is 14.7 Å². The maximum atomic E-state index is 11.9. The fraction of sp³-hybridized carbons (Fsp3) is 0.727. The van der Waals surface area contributed by atoms with Gasteiger partial charge in [-0.25, -0.2) is 0 Å². The van der Waals surface area contributed by atoms with Crippen molar-refractivity contribution in [2.24, 2.45) is 5.92 Å². The SMILES string of the molecule is CC(=O)OCCC(C#N)C(=O)N1CCOCC1. The van der Waals surface area contributed by atoms with Gasteiger partial charge >= 0.3 is 5.97 Å². The molecule has 94 valence electrons. The first kappa shape index (κ1) is 13.5. The molecule has 1 atom stereocenters. The van der Waals surface area contributed by atoms with Crippen LogP contribution in [0.2, 0.25) is 0 Å². The van der Waals surface area contributed by atoms with Crippen LogP contribution in [0.15, 0.2) is 0 Å².